The Morgan fingerprint density at radius 2 is 2.03 bits per heavy atom. The monoisotopic (exact) mass is 448 g/mol. The predicted octanol–water partition coefficient (Wildman–Crippen LogP) is 3.17. The molecule has 3 aliphatic heterocycles. The second-order valence-electron chi connectivity index (χ2n) is 8.50. The van der Waals surface area contributed by atoms with Gasteiger partial charge in [0.1, 0.15) is 12.4 Å². The van der Waals surface area contributed by atoms with Gasteiger partial charge in [0.2, 0.25) is 11.8 Å². The molecule has 2 aromatic heterocycles. The van der Waals surface area contributed by atoms with E-state index in [-0.39, 0.29) is 11.8 Å². The molecule has 0 bridgehead atoms. The number of carbonyl (C=O) groups excluding carboxylic acids is 2. The number of aromatic nitrogens is 1. The van der Waals surface area contributed by atoms with E-state index in [0.717, 1.165) is 63.7 Å². The SMILES string of the molecule is O=C1CCC(=O)N1Cc1cc2nccc(-c3cccc4c3N(C3CCNC3)CCO4)c2s1. The van der Waals surface area contributed by atoms with Crippen LogP contribution in [0.15, 0.2) is 36.5 Å². The fourth-order valence-corrected chi connectivity index (χ4v) is 6.15. The van der Waals surface area contributed by atoms with Crippen molar-refractivity contribution in [1.82, 2.24) is 15.2 Å². The van der Waals surface area contributed by atoms with E-state index in [4.69, 9.17) is 4.74 Å². The number of carbonyl (C=O) groups is 2. The van der Waals surface area contributed by atoms with E-state index in [9.17, 15) is 9.59 Å². The number of hydrogen-bond donors (Lipinski definition) is 1. The molecular weight excluding hydrogens is 424 g/mol. The van der Waals surface area contributed by atoms with Crippen molar-refractivity contribution < 1.29 is 14.3 Å². The number of pyridine rings is 1. The molecule has 6 rings (SSSR count). The smallest absolute Gasteiger partial charge is 0.230 e. The molecule has 7 nitrogen and oxygen atoms in total. The van der Waals surface area contributed by atoms with Crippen LogP contribution in [0.5, 0.6) is 5.75 Å². The minimum absolute atomic E-state index is 0.0873. The van der Waals surface area contributed by atoms with E-state index in [1.54, 1.807) is 11.3 Å². The lowest BCUT2D eigenvalue weighted by molar-refractivity contribution is -0.138. The van der Waals surface area contributed by atoms with E-state index >= 15 is 0 Å². The highest BCUT2D eigenvalue weighted by Gasteiger charge is 2.31. The summed E-state index contributed by atoms with van der Waals surface area (Å²) in [7, 11) is 0. The fraction of sp³-hybridized carbons (Fsp3) is 0.375. The van der Waals surface area contributed by atoms with E-state index < -0.39 is 0 Å². The van der Waals surface area contributed by atoms with Crippen LogP contribution in [-0.2, 0) is 16.1 Å². The van der Waals surface area contributed by atoms with Crippen LogP contribution in [0.3, 0.4) is 0 Å². The topological polar surface area (TPSA) is 74.8 Å². The van der Waals surface area contributed by atoms with E-state index in [0.29, 0.717) is 32.0 Å². The molecule has 2 fully saturated rings. The maximum absolute atomic E-state index is 12.1. The molecule has 2 amide bonds. The summed E-state index contributed by atoms with van der Waals surface area (Å²) in [5.41, 5.74) is 4.30. The molecule has 0 radical (unpaired) electrons. The molecule has 1 atom stereocenters. The van der Waals surface area contributed by atoms with Gasteiger partial charge in [0.05, 0.1) is 29.0 Å². The zero-order chi connectivity index (χ0) is 21.7. The summed E-state index contributed by atoms with van der Waals surface area (Å²) in [6.07, 6.45) is 3.59. The Bertz CT molecular complexity index is 1200. The molecule has 0 saturated carbocycles. The summed E-state index contributed by atoms with van der Waals surface area (Å²) in [6.45, 7) is 3.93. The number of ether oxygens (including phenoxy) is 1. The summed E-state index contributed by atoms with van der Waals surface area (Å²) in [5, 5.41) is 3.48. The maximum Gasteiger partial charge on any atom is 0.230 e. The zero-order valence-electron chi connectivity index (χ0n) is 17.7. The number of fused-ring (bicyclic) bond motifs is 2. The van der Waals surface area contributed by atoms with Crippen molar-refractivity contribution in [2.75, 3.05) is 31.1 Å². The van der Waals surface area contributed by atoms with Crippen molar-refractivity contribution in [2.45, 2.75) is 31.8 Å². The average Bonchev–Trinajstić information content (AvgIpc) is 3.55. The molecule has 32 heavy (non-hydrogen) atoms. The quantitative estimate of drug-likeness (QED) is 0.618. The predicted molar refractivity (Wildman–Crippen MR) is 124 cm³/mol. The van der Waals surface area contributed by atoms with E-state index in [1.165, 1.54) is 4.90 Å². The number of anilines is 1. The van der Waals surface area contributed by atoms with Crippen molar-refractivity contribution in [2.24, 2.45) is 0 Å². The van der Waals surface area contributed by atoms with Crippen molar-refractivity contribution >= 4 is 39.1 Å². The summed E-state index contributed by atoms with van der Waals surface area (Å²) >= 11 is 1.61. The van der Waals surface area contributed by atoms with Crippen molar-refractivity contribution in [3.8, 4) is 16.9 Å². The molecule has 0 spiro atoms. The lowest BCUT2D eigenvalue weighted by Gasteiger charge is -2.37. The summed E-state index contributed by atoms with van der Waals surface area (Å²) in [5.74, 6) is 0.752. The highest BCUT2D eigenvalue weighted by Crippen LogP contribution is 2.45. The Morgan fingerprint density at radius 3 is 2.84 bits per heavy atom. The van der Waals surface area contributed by atoms with Gasteiger partial charge in [-0.15, -0.1) is 11.3 Å². The largest absolute Gasteiger partial charge is 0.490 e. The molecule has 164 valence electrons. The Hall–Kier alpha value is -2.97. The molecule has 1 aromatic carbocycles. The van der Waals surface area contributed by atoms with Gasteiger partial charge in [0.25, 0.3) is 0 Å². The number of likely N-dealkylation sites (tertiary alicyclic amines) is 1. The number of para-hydroxylation sites is 1. The Morgan fingerprint density at radius 1 is 1.16 bits per heavy atom. The standard InChI is InChI=1S/C24H24N4O3S/c29-21-4-5-22(30)28(21)14-16-12-19-24(32-16)18(7-9-26-19)17-2-1-3-20-23(17)27(10-11-31-20)15-6-8-25-13-15/h1-3,7,9,12,15,25H,4-6,8,10-11,13-14H2. The molecule has 3 aliphatic rings. The highest BCUT2D eigenvalue weighted by molar-refractivity contribution is 7.19. The molecular formula is C24H24N4O3S. The number of nitrogens with zero attached hydrogens (tertiary/aromatic N) is 3. The Kier molecular flexibility index (Phi) is 4.84. The second kappa shape index (κ2) is 7.86. The molecule has 8 heteroatoms. The van der Waals surface area contributed by atoms with Crippen LogP contribution in [-0.4, -0.2) is 54.0 Å². The van der Waals surface area contributed by atoms with E-state index in [1.807, 2.05) is 18.3 Å². The van der Waals surface area contributed by atoms with Gasteiger partial charge in [-0.3, -0.25) is 19.5 Å². The first-order chi connectivity index (χ1) is 15.7. The first-order valence-corrected chi connectivity index (χ1v) is 11.9. The summed E-state index contributed by atoms with van der Waals surface area (Å²) < 4.78 is 7.12. The zero-order valence-corrected chi connectivity index (χ0v) is 18.5. The lowest BCUT2D eigenvalue weighted by atomic mass is 10.0. The van der Waals surface area contributed by atoms with Crippen LogP contribution < -0.4 is 15.0 Å². The van der Waals surface area contributed by atoms with Crippen molar-refractivity contribution in [1.29, 1.82) is 0 Å². The Labute approximate surface area is 190 Å². The number of hydrogen-bond acceptors (Lipinski definition) is 7. The molecule has 5 heterocycles. The van der Waals surface area contributed by atoms with Crippen LogP contribution in [0.2, 0.25) is 0 Å². The van der Waals surface area contributed by atoms with Crippen LogP contribution >= 0.6 is 11.3 Å². The van der Waals surface area contributed by atoms with Crippen molar-refractivity contribution in [3.63, 3.8) is 0 Å². The van der Waals surface area contributed by atoms with Gasteiger partial charge in [-0.1, -0.05) is 12.1 Å². The normalized spacial score (nSPS) is 20.8. The number of nitrogens with one attached hydrogen (secondary N) is 1. The lowest BCUT2D eigenvalue weighted by Crippen LogP contribution is -2.42. The molecule has 1 unspecified atom stereocenters. The van der Waals surface area contributed by atoms with Gasteiger partial charge in [-0.25, -0.2) is 0 Å². The molecule has 3 aromatic rings. The number of imide groups is 1. The first-order valence-electron chi connectivity index (χ1n) is 11.1. The van der Waals surface area contributed by atoms with Crippen LogP contribution in [0, 0.1) is 0 Å². The van der Waals surface area contributed by atoms with Gasteiger partial charge < -0.3 is 15.0 Å². The summed E-state index contributed by atoms with van der Waals surface area (Å²) in [6, 6.07) is 10.8. The minimum Gasteiger partial charge on any atom is -0.490 e. The summed E-state index contributed by atoms with van der Waals surface area (Å²) in [4.78, 5) is 33.6. The van der Waals surface area contributed by atoms with Crippen LogP contribution in [0.4, 0.5) is 5.69 Å². The number of thiophene rings is 1. The van der Waals surface area contributed by atoms with Gasteiger partial charge >= 0.3 is 0 Å². The number of rotatable bonds is 4. The molecule has 0 aliphatic carbocycles. The van der Waals surface area contributed by atoms with Crippen molar-refractivity contribution in [3.05, 3.63) is 41.4 Å². The first kappa shape index (κ1) is 19.7. The van der Waals surface area contributed by atoms with Gasteiger partial charge in [-0.2, -0.15) is 0 Å². The van der Waals surface area contributed by atoms with Crippen LogP contribution in [0.1, 0.15) is 24.1 Å². The molecule has 2 saturated heterocycles. The number of benzene rings is 1. The van der Waals surface area contributed by atoms with Gasteiger partial charge in [0.15, 0.2) is 0 Å². The van der Waals surface area contributed by atoms with E-state index in [2.05, 4.69) is 33.4 Å². The third-order valence-corrected chi connectivity index (χ3v) is 7.72. The Balaban J connectivity index is 1.43. The highest BCUT2D eigenvalue weighted by atomic mass is 32.1. The third-order valence-electron chi connectivity index (χ3n) is 6.57. The average molecular weight is 449 g/mol. The fourth-order valence-electron chi connectivity index (χ4n) is 5.02. The third kappa shape index (κ3) is 3.25. The molecule has 1 N–H and O–H groups in total. The van der Waals surface area contributed by atoms with Crippen LogP contribution in [0.25, 0.3) is 21.3 Å². The van der Waals surface area contributed by atoms with Gasteiger partial charge in [0, 0.05) is 47.6 Å². The maximum atomic E-state index is 12.1. The second-order valence-corrected chi connectivity index (χ2v) is 9.64. The number of amides is 2. The van der Waals surface area contributed by atoms with Gasteiger partial charge in [-0.05, 0) is 31.2 Å². The minimum atomic E-state index is -0.0873.